The smallest absolute Gasteiger partial charge is 0.156 e. The van der Waals surface area contributed by atoms with Crippen LogP contribution in [0.1, 0.15) is 24.3 Å². The lowest BCUT2D eigenvalue weighted by Gasteiger charge is -2.07. The third-order valence-electron chi connectivity index (χ3n) is 1.72. The van der Waals surface area contributed by atoms with Gasteiger partial charge in [-0.25, -0.2) is 0 Å². The van der Waals surface area contributed by atoms with E-state index in [2.05, 4.69) is 10.9 Å². The van der Waals surface area contributed by atoms with E-state index in [0.29, 0.717) is 5.69 Å². The Bertz CT molecular complexity index is 301. The van der Waals surface area contributed by atoms with Gasteiger partial charge in [-0.1, -0.05) is 18.9 Å². The van der Waals surface area contributed by atoms with Crippen molar-refractivity contribution in [3.63, 3.8) is 0 Å². The number of aromatic nitrogens is 1. The van der Waals surface area contributed by atoms with E-state index in [1.807, 2.05) is 19.1 Å². The highest BCUT2D eigenvalue weighted by molar-refractivity contribution is 5.25. The Kier molecular flexibility index (Phi) is 2.84. The quantitative estimate of drug-likeness (QED) is 0.663. The lowest BCUT2D eigenvalue weighted by atomic mass is 10.1. The second kappa shape index (κ2) is 3.89. The fourth-order valence-electron chi connectivity index (χ4n) is 1.07. The van der Waals surface area contributed by atoms with Crippen LogP contribution in [0.5, 0.6) is 0 Å². The van der Waals surface area contributed by atoms with Crippen molar-refractivity contribution in [1.29, 1.82) is 0 Å². The minimum atomic E-state index is -0.874. The van der Waals surface area contributed by atoms with Crippen LogP contribution in [0.25, 0.3) is 0 Å². The molecule has 1 atom stereocenters. The van der Waals surface area contributed by atoms with Gasteiger partial charge in [-0.2, -0.15) is 0 Å². The third-order valence-corrected chi connectivity index (χ3v) is 1.72. The molecule has 0 amide bonds. The molecule has 1 aromatic heterocycles. The minimum absolute atomic E-state index is 0.600. The Hall–Kier alpha value is -1.33. The molecule has 0 radical (unpaired) electrons. The van der Waals surface area contributed by atoms with Crippen molar-refractivity contribution in [3.05, 3.63) is 29.6 Å². The van der Waals surface area contributed by atoms with Crippen molar-refractivity contribution >= 4 is 0 Å². The summed E-state index contributed by atoms with van der Waals surface area (Å²) in [5.74, 6) is 2.25. The van der Waals surface area contributed by atoms with Crippen LogP contribution in [-0.2, 0) is 6.42 Å². The predicted octanol–water partition coefficient (Wildman–Crippen LogP) is 1.31. The second-order valence-corrected chi connectivity index (χ2v) is 2.47. The third kappa shape index (κ3) is 1.63. The molecule has 0 bridgehead atoms. The van der Waals surface area contributed by atoms with E-state index in [1.165, 1.54) is 0 Å². The Morgan fingerprint density at radius 1 is 1.75 bits per heavy atom. The van der Waals surface area contributed by atoms with Gasteiger partial charge in [0.25, 0.3) is 0 Å². The Morgan fingerprint density at radius 3 is 3.08 bits per heavy atom. The number of aryl methyl sites for hydroxylation is 1. The zero-order chi connectivity index (χ0) is 8.97. The molecule has 1 rings (SSSR count). The molecular weight excluding hydrogens is 150 g/mol. The molecule has 2 heteroatoms. The van der Waals surface area contributed by atoms with Crippen molar-refractivity contribution < 1.29 is 5.11 Å². The van der Waals surface area contributed by atoms with Gasteiger partial charge in [-0.05, 0) is 18.1 Å². The minimum Gasteiger partial charge on any atom is -0.374 e. The second-order valence-electron chi connectivity index (χ2n) is 2.47. The summed E-state index contributed by atoms with van der Waals surface area (Å²) in [6, 6.07) is 3.76. The maximum Gasteiger partial charge on any atom is 0.156 e. The van der Waals surface area contributed by atoms with Crippen LogP contribution in [0.2, 0.25) is 0 Å². The van der Waals surface area contributed by atoms with Crippen LogP contribution in [0.4, 0.5) is 0 Å². The molecule has 0 saturated heterocycles. The van der Waals surface area contributed by atoms with Gasteiger partial charge < -0.3 is 5.11 Å². The van der Waals surface area contributed by atoms with Gasteiger partial charge in [0, 0.05) is 6.20 Å². The van der Waals surface area contributed by atoms with Crippen LogP contribution in [-0.4, -0.2) is 10.1 Å². The van der Waals surface area contributed by atoms with E-state index >= 15 is 0 Å². The number of aliphatic hydroxyl groups is 1. The van der Waals surface area contributed by atoms with Crippen LogP contribution in [0.15, 0.2) is 18.3 Å². The standard InChI is InChI=1S/C10H11NO/c1-3-8-6-5-7-11-10(8)9(12)4-2/h2,5-7,9,12H,3H2,1H3/t9-/m0/s1. The number of hydrogen-bond acceptors (Lipinski definition) is 2. The summed E-state index contributed by atoms with van der Waals surface area (Å²) in [4.78, 5) is 4.03. The van der Waals surface area contributed by atoms with Crippen molar-refractivity contribution in [2.75, 3.05) is 0 Å². The number of nitrogens with zero attached hydrogens (tertiary/aromatic N) is 1. The fourth-order valence-corrected chi connectivity index (χ4v) is 1.07. The maximum absolute atomic E-state index is 9.34. The monoisotopic (exact) mass is 161 g/mol. The molecule has 1 aromatic rings. The Labute approximate surface area is 72.3 Å². The van der Waals surface area contributed by atoms with E-state index < -0.39 is 6.10 Å². The maximum atomic E-state index is 9.34. The summed E-state index contributed by atoms with van der Waals surface area (Å²) in [7, 11) is 0. The fraction of sp³-hybridized carbons (Fsp3) is 0.300. The molecule has 1 N–H and O–H groups in total. The molecule has 12 heavy (non-hydrogen) atoms. The first-order valence-electron chi connectivity index (χ1n) is 3.87. The first-order chi connectivity index (χ1) is 5.79. The topological polar surface area (TPSA) is 33.1 Å². The Balaban J connectivity index is 3.06. The highest BCUT2D eigenvalue weighted by atomic mass is 16.3. The summed E-state index contributed by atoms with van der Waals surface area (Å²) in [6.07, 6.45) is 6.68. The number of pyridine rings is 1. The molecule has 0 saturated carbocycles. The van der Waals surface area contributed by atoms with Gasteiger partial charge in [0.15, 0.2) is 6.10 Å². The lowest BCUT2D eigenvalue weighted by molar-refractivity contribution is 0.232. The average molecular weight is 161 g/mol. The zero-order valence-corrected chi connectivity index (χ0v) is 6.99. The van der Waals surface area contributed by atoms with E-state index in [9.17, 15) is 5.11 Å². The molecular formula is C10H11NO. The number of rotatable bonds is 2. The number of terminal acetylenes is 1. The van der Waals surface area contributed by atoms with E-state index in [4.69, 9.17) is 6.42 Å². The van der Waals surface area contributed by atoms with Gasteiger partial charge >= 0.3 is 0 Å². The Morgan fingerprint density at radius 2 is 2.50 bits per heavy atom. The van der Waals surface area contributed by atoms with Crippen LogP contribution < -0.4 is 0 Å². The summed E-state index contributed by atoms with van der Waals surface area (Å²) in [6.45, 7) is 2.00. The molecule has 2 nitrogen and oxygen atoms in total. The lowest BCUT2D eigenvalue weighted by Crippen LogP contribution is -2.01. The molecule has 0 spiro atoms. The molecule has 0 unspecified atom stereocenters. The van der Waals surface area contributed by atoms with Gasteiger partial charge in [0.1, 0.15) is 0 Å². The van der Waals surface area contributed by atoms with Crippen molar-refractivity contribution in [3.8, 4) is 12.3 Å². The average Bonchev–Trinajstić information content (AvgIpc) is 2.16. The molecule has 0 fully saturated rings. The van der Waals surface area contributed by atoms with Gasteiger partial charge in [-0.15, -0.1) is 6.42 Å². The van der Waals surface area contributed by atoms with Gasteiger partial charge in [-0.3, -0.25) is 4.98 Å². The first-order valence-corrected chi connectivity index (χ1v) is 3.87. The first kappa shape index (κ1) is 8.76. The van der Waals surface area contributed by atoms with Crippen molar-refractivity contribution in [1.82, 2.24) is 4.98 Å². The van der Waals surface area contributed by atoms with E-state index in [1.54, 1.807) is 6.20 Å². The molecule has 0 aliphatic rings. The van der Waals surface area contributed by atoms with Gasteiger partial charge in [0.05, 0.1) is 5.69 Å². The molecule has 0 aromatic carbocycles. The largest absolute Gasteiger partial charge is 0.374 e. The van der Waals surface area contributed by atoms with Crippen molar-refractivity contribution in [2.45, 2.75) is 19.4 Å². The van der Waals surface area contributed by atoms with E-state index in [0.717, 1.165) is 12.0 Å². The normalized spacial score (nSPS) is 12.1. The molecule has 0 aliphatic carbocycles. The van der Waals surface area contributed by atoms with Gasteiger partial charge in [0.2, 0.25) is 0 Å². The zero-order valence-electron chi connectivity index (χ0n) is 6.99. The molecule has 0 aliphatic heterocycles. The SMILES string of the molecule is C#C[C@H](O)c1ncccc1CC. The highest BCUT2D eigenvalue weighted by Gasteiger charge is 2.08. The number of hydrogen-bond donors (Lipinski definition) is 1. The van der Waals surface area contributed by atoms with Crippen LogP contribution >= 0.6 is 0 Å². The predicted molar refractivity (Wildman–Crippen MR) is 47.4 cm³/mol. The summed E-state index contributed by atoms with van der Waals surface area (Å²) in [5.41, 5.74) is 1.60. The van der Waals surface area contributed by atoms with Crippen molar-refractivity contribution in [2.24, 2.45) is 0 Å². The highest BCUT2D eigenvalue weighted by Crippen LogP contribution is 2.14. The van der Waals surface area contributed by atoms with E-state index in [-0.39, 0.29) is 0 Å². The molecule has 62 valence electrons. The summed E-state index contributed by atoms with van der Waals surface area (Å²) < 4.78 is 0. The van der Waals surface area contributed by atoms with Crippen LogP contribution in [0.3, 0.4) is 0 Å². The van der Waals surface area contributed by atoms with Crippen LogP contribution in [0, 0.1) is 12.3 Å². The number of aliphatic hydroxyl groups excluding tert-OH is 1. The summed E-state index contributed by atoms with van der Waals surface area (Å²) in [5, 5.41) is 9.34. The molecule has 1 heterocycles. The summed E-state index contributed by atoms with van der Waals surface area (Å²) >= 11 is 0.